The summed E-state index contributed by atoms with van der Waals surface area (Å²) >= 11 is 0. The highest BCUT2D eigenvalue weighted by Crippen LogP contribution is 2.42. The van der Waals surface area contributed by atoms with Gasteiger partial charge in [0.2, 0.25) is 11.8 Å². The number of imide groups is 1. The second kappa shape index (κ2) is 5.08. The Balaban J connectivity index is 1.61. The highest BCUT2D eigenvalue weighted by Gasteiger charge is 2.51. The van der Waals surface area contributed by atoms with Gasteiger partial charge in [-0.3, -0.25) is 14.5 Å². The van der Waals surface area contributed by atoms with Crippen LogP contribution in [0, 0.1) is 17.8 Å². The second-order valence-corrected chi connectivity index (χ2v) is 6.18. The zero-order valence-corrected chi connectivity index (χ0v) is 11.5. The Labute approximate surface area is 114 Å². The smallest absolute Gasteiger partial charge is 0.233 e. The molecule has 104 valence electrons. The van der Waals surface area contributed by atoms with Gasteiger partial charge in [0.1, 0.15) is 0 Å². The molecule has 19 heavy (non-hydrogen) atoms. The fourth-order valence-electron chi connectivity index (χ4n) is 3.72. The predicted octanol–water partition coefficient (Wildman–Crippen LogP) is 1.33. The molecule has 1 saturated heterocycles. The van der Waals surface area contributed by atoms with Crippen LogP contribution in [0.3, 0.4) is 0 Å². The highest BCUT2D eigenvalue weighted by atomic mass is 16.2. The van der Waals surface area contributed by atoms with Crippen LogP contribution in [0.4, 0.5) is 0 Å². The van der Waals surface area contributed by atoms with Crippen LogP contribution in [-0.4, -0.2) is 36.3 Å². The lowest BCUT2D eigenvalue weighted by Crippen LogP contribution is -2.33. The maximum atomic E-state index is 12.3. The molecule has 0 aromatic carbocycles. The standard InChI is InChI=1S/C15H22N2O2/c1-10-8-12-13(9-10)15(19)17(14(12)18)7-4-11-2-5-16-6-3-11/h2,10,12-13,16H,3-9H2,1H3. The molecule has 2 aliphatic heterocycles. The van der Waals surface area contributed by atoms with Crippen molar-refractivity contribution in [3.8, 4) is 0 Å². The van der Waals surface area contributed by atoms with Gasteiger partial charge < -0.3 is 5.32 Å². The number of rotatable bonds is 3. The number of hydrogen-bond donors (Lipinski definition) is 1. The number of carbonyl (C=O) groups excluding carboxylic acids is 2. The monoisotopic (exact) mass is 262 g/mol. The van der Waals surface area contributed by atoms with Gasteiger partial charge in [-0.15, -0.1) is 0 Å². The Morgan fingerprint density at radius 2 is 1.95 bits per heavy atom. The van der Waals surface area contributed by atoms with E-state index in [1.54, 1.807) is 0 Å². The van der Waals surface area contributed by atoms with Gasteiger partial charge >= 0.3 is 0 Å². The van der Waals surface area contributed by atoms with Crippen LogP contribution < -0.4 is 5.32 Å². The van der Waals surface area contributed by atoms with Crippen molar-refractivity contribution in [2.75, 3.05) is 19.6 Å². The quantitative estimate of drug-likeness (QED) is 0.616. The summed E-state index contributed by atoms with van der Waals surface area (Å²) in [5.41, 5.74) is 1.38. The first-order valence-electron chi connectivity index (χ1n) is 7.40. The van der Waals surface area contributed by atoms with E-state index in [4.69, 9.17) is 0 Å². The second-order valence-electron chi connectivity index (χ2n) is 6.18. The minimum absolute atomic E-state index is 0.00972. The molecule has 3 rings (SSSR count). The summed E-state index contributed by atoms with van der Waals surface area (Å²) in [5, 5.41) is 3.27. The Hall–Kier alpha value is -1.16. The molecule has 2 heterocycles. The van der Waals surface area contributed by atoms with Crippen LogP contribution in [0.1, 0.15) is 32.6 Å². The molecule has 3 aliphatic rings. The molecule has 4 heteroatoms. The van der Waals surface area contributed by atoms with E-state index in [-0.39, 0.29) is 23.7 Å². The largest absolute Gasteiger partial charge is 0.313 e. The molecule has 0 bridgehead atoms. The molecule has 1 saturated carbocycles. The third-order valence-electron chi connectivity index (χ3n) is 4.78. The molecule has 2 fully saturated rings. The Morgan fingerprint density at radius 3 is 2.53 bits per heavy atom. The van der Waals surface area contributed by atoms with E-state index in [2.05, 4.69) is 18.3 Å². The van der Waals surface area contributed by atoms with Crippen molar-refractivity contribution >= 4 is 11.8 Å². The minimum atomic E-state index is -0.00972. The molecule has 1 N–H and O–H groups in total. The van der Waals surface area contributed by atoms with Crippen molar-refractivity contribution in [2.45, 2.75) is 32.6 Å². The first-order valence-corrected chi connectivity index (χ1v) is 7.40. The SMILES string of the molecule is CC1CC2C(=O)N(CCC3=CCNCC3)C(=O)C2C1. The lowest BCUT2D eigenvalue weighted by atomic mass is 10.00. The molecule has 2 amide bonds. The van der Waals surface area contributed by atoms with Crippen molar-refractivity contribution in [2.24, 2.45) is 17.8 Å². The number of nitrogens with one attached hydrogen (secondary N) is 1. The zero-order chi connectivity index (χ0) is 13.4. The molecule has 4 nitrogen and oxygen atoms in total. The van der Waals surface area contributed by atoms with Gasteiger partial charge in [0.25, 0.3) is 0 Å². The van der Waals surface area contributed by atoms with Gasteiger partial charge in [-0.25, -0.2) is 0 Å². The summed E-state index contributed by atoms with van der Waals surface area (Å²) in [6.45, 7) is 4.66. The maximum Gasteiger partial charge on any atom is 0.233 e. The van der Waals surface area contributed by atoms with E-state index in [0.717, 1.165) is 38.8 Å². The van der Waals surface area contributed by atoms with Gasteiger partial charge in [-0.1, -0.05) is 18.6 Å². The normalized spacial score (nSPS) is 34.7. The van der Waals surface area contributed by atoms with Crippen molar-refractivity contribution in [3.63, 3.8) is 0 Å². The molecule has 1 aliphatic carbocycles. The van der Waals surface area contributed by atoms with Crippen LogP contribution in [0.5, 0.6) is 0 Å². The van der Waals surface area contributed by atoms with Crippen LogP contribution >= 0.6 is 0 Å². The third kappa shape index (κ3) is 2.34. The summed E-state index contributed by atoms with van der Waals surface area (Å²) in [6.07, 6.45) is 5.89. The Bertz CT molecular complexity index is 406. The summed E-state index contributed by atoms with van der Waals surface area (Å²) in [4.78, 5) is 26.1. The van der Waals surface area contributed by atoms with E-state index in [1.807, 2.05) is 0 Å². The summed E-state index contributed by atoms with van der Waals surface area (Å²) in [5.74, 6) is 0.689. The average molecular weight is 262 g/mol. The molecule has 0 spiro atoms. The summed E-state index contributed by atoms with van der Waals surface area (Å²) in [7, 11) is 0. The molecule has 0 radical (unpaired) electrons. The highest BCUT2D eigenvalue weighted by molar-refractivity contribution is 6.05. The van der Waals surface area contributed by atoms with Crippen LogP contribution in [0.2, 0.25) is 0 Å². The zero-order valence-electron chi connectivity index (χ0n) is 11.5. The van der Waals surface area contributed by atoms with Gasteiger partial charge in [0.05, 0.1) is 11.8 Å². The number of likely N-dealkylation sites (tertiary alicyclic amines) is 1. The van der Waals surface area contributed by atoms with E-state index in [0.29, 0.717) is 12.5 Å². The van der Waals surface area contributed by atoms with E-state index in [9.17, 15) is 9.59 Å². The van der Waals surface area contributed by atoms with Crippen LogP contribution in [0.15, 0.2) is 11.6 Å². The fraction of sp³-hybridized carbons (Fsp3) is 0.733. The number of fused-ring (bicyclic) bond motifs is 1. The molecule has 0 aromatic rings. The van der Waals surface area contributed by atoms with Gasteiger partial charge in [0.15, 0.2) is 0 Å². The van der Waals surface area contributed by atoms with Crippen LogP contribution in [0.25, 0.3) is 0 Å². The molecule has 2 unspecified atom stereocenters. The average Bonchev–Trinajstić information content (AvgIpc) is 2.89. The number of hydrogen-bond acceptors (Lipinski definition) is 3. The van der Waals surface area contributed by atoms with Gasteiger partial charge in [0, 0.05) is 13.1 Å². The molecule has 0 aromatic heterocycles. The Kier molecular flexibility index (Phi) is 3.44. The van der Waals surface area contributed by atoms with E-state index < -0.39 is 0 Å². The molecular formula is C15H22N2O2. The lowest BCUT2D eigenvalue weighted by Gasteiger charge is -2.19. The first kappa shape index (κ1) is 12.9. The van der Waals surface area contributed by atoms with E-state index in [1.165, 1.54) is 10.5 Å². The Morgan fingerprint density at radius 1 is 1.26 bits per heavy atom. The topological polar surface area (TPSA) is 49.4 Å². The van der Waals surface area contributed by atoms with E-state index >= 15 is 0 Å². The first-order chi connectivity index (χ1) is 9.16. The molecular weight excluding hydrogens is 240 g/mol. The summed E-state index contributed by atoms with van der Waals surface area (Å²) < 4.78 is 0. The van der Waals surface area contributed by atoms with Crippen LogP contribution in [-0.2, 0) is 9.59 Å². The fourth-order valence-corrected chi connectivity index (χ4v) is 3.72. The van der Waals surface area contributed by atoms with Crippen molar-refractivity contribution < 1.29 is 9.59 Å². The minimum Gasteiger partial charge on any atom is -0.313 e. The number of amides is 2. The lowest BCUT2D eigenvalue weighted by molar-refractivity contribution is -0.140. The number of carbonyl (C=O) groups is 2. The van der Waals surface area contributed by atoms with Crippen molar-refractivity contribution in [3.05, 3.63) is 11.6 Å². The van der Waals surface area contributed by atoms with Crippen molar-refractivity contribution in [1.29, 1.82) is 0 Å². The predicted molar refractivity (Wildman–Crippen MR) is 72.3 cm³/mol. The van der Waals surface area contributed by atoms with Gasteiger partial charge in [-0.2, -0.15) is 0 Å². The third-order valence-corrected chi connectivity index (χ3v) is 4.78. The maximum absolute atomic E-state index is 12.3. The number of nitrogens with zero attached hydrogens (tertiary/aromatic N) is 1. The summed E-state index contributed by atoms with van der Waals surface area (Å²) in [6, 6.07) is 0. The molecule has 2 atom stereocenters. The van der Waals surface area contributed by atoms with Gasteiger partial charge in [-0.05, 0) is 38.1 Å². The van der Waals surface area contributed by atoms with Crippen molar-refractivity contribution in [1.82, 2.24) is 10.2 Å².